The third-order valence-corrected chi connectivity index (χ3v) is 5.56. The van der Waals surface area contributed by atoms with E-state index in [1.165, 1.54) is 19.2 Å². The number of sulfonamides is 1. The maximum atomic E-state index is 12.8. The Balaban J connectivity index is 1.86. The Bertz CT molecular complexity index is 876. The van der Waals surface area contributed by atoms with E-state index in [9.17, 15) is 13.2 Å². The summed E-state index contributed by atoms with van der Waals surface area (Å²) in [6, 6.07) is 12.7. The molecule has 2 aromatic carbocycles. The molecular weight excluding hydrogens is 354 g/mol. The first-order valence-corrected chi connectivity index (χ1v) is 9.75. The van der Waals surface area contributed by atoms with Crippen LogP contribution in [0.15, 0.2) is 53.4 Å². The summed E-state index contributed by atoms with van der Waals surface area (Å²) in [6.45, 7) is 2.65. The van der Waals surface area contributed by atoms with Gasteiger partial charge in [-0.2, -0.15) is 0 Å². The minimum absolute atomic E-state index is 0.0997. The fourth-order valence-corrected chi connectivity index (χ4v) is 3.84. The van der Waals surface area contributed by atoms with E-state index in [1.54, 1.807) is 41.3 Å². The normalized spacial score (nSPS) is 14.7. The molecule has 1 fully saturated rings. The molecule has 0 bridgehead atoms. The molecule has 26 heavy (non-hydrogen) atoms. The third-order valence-electron chi connectivity index (χ3n) is 4.18. The number of nitrogens with one attached hydrogen (secondary N) is 2. The molecule has 2 aromatic rings. The number of para-hydroxylation sites is 1. The van der Waals surface area contributed by atoms with Gasteiger partial charge in [0.2, 0.25) is 0 Å². The highest BCUT2D eigenvalue weighted by Crippen LogP contribution is 2.23. The summed E-state index contributed by atoms with van der Waals surface area (Å²) in [5, 5.41) is 3.19. The standard InChI is InChI=1S/C18H21N3O4S/c1-25-14-6-8-15(9-7-14)26(23,24)20-17-5-3-2-4-16(17)18(22)21-12-10-19-11-13-21/h2-9,19-20H,10-13H2,1H3. The van der Waals surface area contributed by atoms with Crippen LogP contribution in [0.25, 0.3) is 0 Å². The van der Waals surface area contributed by atoms with E-state index in [1.807, 2.05) is 0 Å². The van der Waals surface area contributed by atoms with Crippen molar-refractivity contribution in [1.29, 1.82) is 0 Å². The van der Waals surface area contributed by atoms with Gasteiger partial charge < -0.3 is 15.0 Å². The Morgan fingerprint density at radius 2 is 1.73 bits per heavy atom. The highest BCUT2D eigenvalue weighted by molar-refractivity contribution is 7.92. The average molecular weight is 375 g/mol. The summed E-state index contributed by atoms with van der Waals surface area (Å²) in [5.74, 6) is 0.387. The van der Waals surface area contributed by atoms with Crippen LogP contribution in [0.2, 0.25) is 0 Å². The molecule has 3 rings (SSSR count). The highest BCUT2D eigenvalue weighted by Gasteiger charge is 2.23. The van der Waals surface area contributed by atoms with Gasteiger partial charge >= 0.3 is 0 Å². The molecule has 1 aliphatic heterocycles. The Hall–Kier alpha value is -2.58. The summed E-state index contributed by atoms with van der Waals surface area (Å²) < 4.78 is 32.9. The van der Waals surface area contributed by atoms with Crippen molar-refractivity contribution in [2.24, 2.45) is 0 Å². The number of carbonyl (C=O) groups is 1. The summed E-state index contributed by atoms with van der Waals surface area (Å²) in [7, 11) is -2.30. The zero-order chi connectivity index (χ0) is 18.6. The Morgan fingerprint density at radius 1 is 1.08 bits per heavy atom. The molecule has 7 nitrogen and oxygen atoms in total. The van der Waals surface area contributed by atoms with Crippen LogP contribution in [-0.4, -0.2) is 52.5 Å². The second-order valence-electron chi connectivity index (χ2n) is 5.87. The SMILES string of the molecule is COc1ccc(S(=O)(=O)Nc2ccccc2C(=O)N2CCNCC2)cc1. The molecule has 0 saturated carbocycles. The number of hydrogen-bond acceptors (Lipinski definition) is 5. The lowest BCUT2D eigenvalue weighted by atomic mass is 10.1. The molecule has 0 unspecified atom stereocenters. The van der Waals surface area contributed by atoms with E-state index in [0.717, 1.165) is 13.1 Å². The second kappa shape index (κ2) is 7.76. The monoisotopic (exact) mass is 375 g/mol. The first-order valence-electron chi connectivity index (χ1n) is 8.27. The lowest BCUT2D eigenvalue weighted by molar-refractivity contribution is 0.0737. The van der Waals surface area contributed by atoms with Crippen molar-refractivity contribution in [2.75, 3.05) is 38.0 Å². The second-order valence-corrected chi connectivity index (χ2v) is 7.55. The van der Waals surface area contributed by atoms with Gasteiger partial charge in [0.05, 0.1) is 23.3 Å². The molecule has 1 amide bonds. The number of methoxy groups -OCH3 is 1. The van der Waals surface area contributed by atoms with Gasteiger partial charge in [-0.3, -0.25) is 9.52 Å². The molecule has 0 atom stereocenters. The maximum Gasteiger partial charge on any atom is 0.261 e. The van der Waals surface area contributed by atoms with Gasteiger partial charge in [-0.15, -0.1) is 0 Å². The van der Waals surface area contributed by atoms with Crippen molar-refractivity contribution in [3.05, 3.63) is 54.1 Å². The molecule has 2 N–H and O–H groups in total. The average Bonchev–Trinajstić information content (AvgIpc) is 2.68. The molecule has 0 spiro atoms. The van der Waals surface area contributed by atoms with E-state index in [2.05, 4.69) is 10.0 Å². The summed E-state index contributed by atoms with van der Waals surface area (Å²) >= 11 is 0. The molecule has 8 heteroatoms. The predicted molar refractivity (Wildman–Crippen MR) is 99.0 cm³/mol. The Kier molecular flexibility index (Phi) is 5.43. The van der Waals surface area contributed by atoms with E-state index in [-0.39, 0.29) is 16.5 Å². The van der Waals surface area contributed by atoms with Crippen molar-refractivity contribution in [2.45, 2.75) is 4.90 Å². The van der Waals surface area contributed by atoms with Crippen molar-refractivity contribution in [3.63, 3.8) is 0 Å². The molecule has 0 aromatic heterocycles. The van der Waals surface area contributed by atoms with E-state index >= 15 is 0 Å². The van der Waals surface area contributed by atoms with Gasteiger partial charge in [0.15, 0.2) is 0 Å². The van der Waals surface area contributed by atoms with Crippen molar-refractivity contribution >= 4 is 21.6 Å². The Labute approximate surface area is 153 Å². The number of ether oxygens (including phenoxy) is 1. The number of carbonyl (C=O) groups excluding carboxylic acids is 1. The van der Waals surface area contributed by atoms with Crippen molar-refractivity contribution in [3.8, 4) is 5.75 Å². The van der Waals surface area contributed by atoms with Crippen LogP contribution in [-0.2, 0) is 10.0 Å². The largest absolute Gasteiger partial charge is 0.497 e. The molecule has 1 aliphatic rings. The zero-order valence-electron chi connectivity index (χ0n) is 14.4. The quantitative estimate of drug-likeness (QED) is 0.828. The molecule has 0 aliphatic carbocycles. The molecular formula is C18H21N3O4S. The molecule has 1 saturated heterocycles. The van der Waals surface area contributed by atoms with E-state index in [0.29, 0.717) is 24.4 Å². The smallest absolute Gasteiger partial charge is 0.261 e. The predicted octanol–water partition coefficient (Wildman–Crippen LogP) is 1.54. The number of piperazine rings is 1. The van der Waals surface area contributed by atoms with Gasteiger partial charge in [-0.05, 0) is 36.4 Å². The lowest BCUT2D eigenvalue weighted by Gasteiger charge is -2.28. The van der Waals surface area contributed by atoms with Gasteiger partial charge in [0.25, 0.3) is 15.9 Å². The molecule has 0 radical (unpaired) electrons. The fraction of sp³-hybridized carbons (Fsp3) is 0.278. The topological polar surface area (TPSA) is 87.7 Å². The third kappa shape index (κ3) is 3.97. The van der Waals surface area contributed by atoms with E-state index < -0.39 is 10.0 Å². The first-order chi connectivity index (χ1) is 12.5. The van der Waals surface area contributed by atoms with Crippen LogP contribution in [0.1, 0.15) is 10.4 Å². The van der Waals surface area contributed by atoms with Crippen LogP contribution in [0, 0.1) is 0 Å². The highest BCUT2D eigenvalue weighted by atomic mass is 32.2. The number of amides is 1. The fourth-order valence-electron chi connectivity index (χ4n) is 2.76. The van der Waals surface area contributed by atoms with Crippen LogP contribution in [0.3, 0.4) is 0 Å². The van der Waals surface area contributed by atoms with E-state index in [4.69, 9.17) is 4.74 Å². The minimum Gasteiger partial charge on any atom is -0.497 e. The summed E-state index contributed by atoms with van der Waals surface area (Å²) in [6.07, 6.45) is 0. The number of benzene rings is 2. The lowest BCUT2D eigenvalue weighted by Crippen LogP contribution is -2.46. The van der Waals surface area contributed by atoms with Crippen molar-refractivity contribution in [1.82, 2.24) is 10.2 Å². The minimum atomic E-state index is -3.81. The maximum absolute atomic E-state index is 12.8. The van der Waals surface area contributed by atoms with Crippen molar-refractivity contribution < 1.29 is 17.9 Å². The van der Waals surface area contributed by atoms with Gasteiger partial charge in [-0.1, -0.05) is 12.1 Å². The Morgan fingerprint density at radius 3 is 2.38 bits per heavy atom. The summed E-state index contributed by atoms with van der Waals surface area (Å²) in [4.78, 5) is 14.6. The first kappa shape index (κ1) is 18.2. The van der Waals surface area contributed by atoms with Gasteiger partial charge in [-0.25, -0.2) is 8.42 Å². The van der Waals surface area contributed by atoms with Crippen LogP contribution >= 0.6 is 0 Å². The zero-order valence-corrected chi connectivity index (χ0v) is 15.3. The number of rotatable bonds is 5. The summed E-state index contributed by atoms with van der Waals surface area (Å²) in [5.41, 5.74) is 0.610. The van der Waals surface area contributed by atoms with Crippen LogP contribution in [0.4, 0.5) is 5.69 Å². The number of nitrogens with zero attached hydrogens (tertiary/aromatic N) is 1. The molecule has 138 valence electrons. The number of hydrogen-bond donors (Lipinski definition) is 2. The number of anilines is 1. The van der Waals surface area contributed by atoms with Crippen LogP contribution in [0.5, 0.6) is 5.75 Å². The van der Waals surface area contributed by atoms with Gasteiger partial charge in [0.1, 0.15) is 5.75 Å². The van der Waals surface area contributed by atoms with Crippen LogP contribution < -0.4 is 14.8 Å². The molecule has 1 heterocycles. The van der Waals surface area contributed by atoms with Gasteiger partial charge in [0, 0.05) is 26.2 Å².